The molecule has 0 unspecified atom stereocenters. The van der Waals surface area contributed by atoms with Crippen molar-refractivity contribution >= 4 is 23.3 Å². The summed E-state index contributed by atoms with van der Waals surface area (Å²) in [5.41, 5.74) is 3.60. The van der Waals surface area contributed by atoms with Crippen molar-refractivity contribution in [1.29, 1.82) is 0 Å². The Labute approximate surface area is 162 Å². The van der Waals surface area contributed by atoms with Gasteiger partial charge in [-0.2, -0.15) is 10.1 Å². The Kier molecular flexibility index (Phi) is 5.78. The molecule has 144 valence electrons. The Morgan fingerprint density at radius 1 is 1.25 bits per heavy atom. The molecule has 3 rings (SSSR count). The van der Waals surface area contributed by atoms with Crippen molar-refractivity contribution in [3.05, 3.63) is 65.8 Å². The molecule has 0 saturated heterocycles. The van der Waals surface area contributed by atoms with E-state index in [1.165, 1.54) is 6.33 Å². The zero-order chi connectivity index (χ0) is 20.1. The zero-order valence-corrected chi connectivity index (χ0v) is 15.9. The van der Waals surface area contributed by atoms with Gasteiger partial charge in [-0.3, -0.25) is 9.59 Å². The summed E-state index contributed by atoms with van der Waals surface area (Å²) in [5, 5.41) is 9.71. The maximum absolute atomic E-state index is 12.5. The van der Waals surface area contributed by atoms with Crippen LogP contribution in [0, 0.1) is 13.8 Å². The standard InChI is InChI=1S/C20H22N6O2/c1-4-11-21-19(28)16-7-5-6-8-17(16)25-18(27)10-9-15-13(2)24-20-22-12-23-26(20)14(15)3/h4-8,12H,1,9-11H2,2-3H3,(H,21,28)(H,25,27). The van der Waals surface area contributed by atoms with Crippen LogP contribution in [0.4, 0.5) is 5.69 Å². The van der Waals surface area contributed by atoms with E-state index in [9.17, 15) is 9.59 Å². The Morgan fingerprint density at radius 3 is 2.82 bits per heavy atom. The highest BCUT2D eigenvalue weighted by Crippen LogP contribution is 2.18. The number of amides is 2. The first-order valence-corrected chi connectivity index (χ1v) is 8.95. The van der Waals surface area contributed by atoms with E-state index in [0.717, 1.165) is 17.0 Å². The van der Waals surface area contributed by atoms with Gasteiger partial charge in [-0.15, -0.1) is 6.58 Å². The number of anilines is 1. The minimum Gasteiger partial charge on any atom is -0.349 e. The van der Waals surface area contributed by atoms with Crippen LogP contribution >= 0.6 is 0 Å². The summed E-state index contributed by atoms with van der Waals surface area (Å²) in [6.07, 6.45) is 3.83. The third kappa shape index (κ3) is 4.06. The molecule has 8 heteroatoms. The lowest BCUT2D eigenvalue weighted by Gasteiger charge is -2.12. The second-order valence-corrected chi connectivity index (χ2v) is 6.33. The third-order valence-corrected chi connectivity index (χ3v) is 4.44. The van der Waals surface area contributed by atoms with Crippen LogP contribution < -0.4 is 10.6 Å². The van der Waals surface area contributed by atoms with E-state index in [1.807, 2.05) is 13.8 Å². The van der Waals surface area contributed by atoms with Crippen molar-refractivity contribution in [2.24, 2.45) is 0 Å². The summed E-state index contributed by atoms with van der Waals surface area (Å²) in [6.45, 7) is 7.77. The van der Waals surface area contributed by atoms with Crippen molar-refractivity contribution < 1.29 is 9.59 Å². The number of carbonyl (C=O) groups is 2. The molecule has 0 aliphatic rings. The van der Waals surface area contributed by atoms with Crippen LogP contribution in [-0.2, 0) is 11.2 Å². The van der Waals surface area contributed by atoms with Gasteiger partial charge in [0.1, 0.15) is 6.33 Å². The molecule has 1 aromatic carbocycles. The molecule has 0 aliphatic carbocycles. The molecular weight excluding hydrogens is 356 g/mol. The van der Waals surface area contributed by atoms with Crippen molar-refractivity contribution in [2.75, 3.05) is 11.9 Å². The van der Waals surface area contributed by atoms with Gasteiger partial charge in [0.25, 0.3) is 11.7 Å². The van der Waals surface area contributed by atoms with Gasteiger partial charge in [-0.1, -0.05) is 18.2 Å². The monoisotopic (exact) mass is 378 g/mol. The Morgan fingerprint density at radius 2 is 2.04 bits per heavy atom. The average Bonchev–Trinajstić information content (AvgIpc) is 3.15. The Hall–Kier alpha value is -3.55. The Bertz CT molecular complexity index is 1040. The van der Waals surface area contributed by atoms with Crippen molar-refractivity contribution in [3.63, 3.8) is 0 Å². The fourth-order valence-electron chi connectivity index (χ4n) is 3.02. The van der Waals surface area contributed by atoms with Crippen LogP contribution in [0.25, 0.3) is 5.78 Å². The largest absolute Gasteiger partial charge is 0.349 e. The number of aromatic nitrogens is 4. The van der Waals surface area contributed by atoms with E-state index in [2.05, 4.69) is 32.3 Å². The van der Waals surface area contributed by atoms with Crippen LogP contribution in [0.3, 0.4) is 0 Å². The summed E-state index contributed by atoms with van der Waals surface area (Å²) >= 11 is 0. The van der Waals surface area contributed by atoms with Gasteiger partial charge < -0.3 is 10.6 Å². The van der Waals surface area contributed by atoms with E-state index in [1.54, 1.807) is 34.9 Å². The number of nitrogens with zero attached hydrogens (tertiary/aromatic N) is 4. The van der Waals surface area contributed by atoms with E-state index >= 15 is 0 Å². The van der Waals surface area contributed by atoms with Crippen LogP contribution in [0.15, 0.2) is 43.2 Å². The zero-order valence-electron chi connectivity index (χ0n) is 15.9. The fourth-order valence-corrected chi connectivity index (χ4v) is 3.02. The molecule has 0 fully saturated rings. The van der Waals surface area contributed by atoms with Gasteiger partial charge in [-0.05, 0) is 38.0 Å². The lowest BCUT2D eigenvalue weighted by molar-refractivity contribution is -0.116. The molecule has 8 nitrogen and oxygen atoms in total. The number of aryl methyl sites for hydroxylation is 2. The summed E-state index contributed by atoms with van der Waals surface area (Å²) < 4.78 is 1.67. The van der Waals surface area contributed by atoms with Crippen molar-refractivity contribution in [1.82, 2.24) is 24.9 Å². The Balaban J connectivity index is 1.70. The first-order chi connectivity index (χ1) is 13.5. The number of hydrogen-bond acceptors (Lipinski definition) is 5. The van der Waals surface area contributed by atoms with Crippen molar-refractivity contribution in [3.8, 4) is 0 Å². The smallest absolute Gasteiger partial charge is 0.253 e. The van der Waals surface area contributed by atoms with Gasteiger partial charge in [0.15, 0.2) is 0 Å². The first-order valence-electron chi connectivity index (χ1n) is 8.95. The maximum atomic E-state index is 12.5. The van der Waals surface area contributed by atoms with Gasteiger partial charge in [0, 0.05) is 24.4 Å². The molecule has 2 aromatic heterocycles. The number of hydrogen-bond donors (Lipinski definition) is 2. The summed E-state index contributed by atoms with van der Waals surface area (Å²) in [6, 6.07) is 6.91. The van der Waals surface area contributed by atoms with E-state index in [4.69, 9.17) is 0 Å². The fraction of sp³-hybridized carbons (Fsp3) is 0.250. The lowest BCUT2D eigenvalue weighted by Crippen LogP contribution is -2.25. The van der Waals surface area contributed by atoms with Gasteiger partial charge in [0.2, 0.25) is 5.91 Å². The van der Waals surface area contributed by atoms with Gasteiger partial charge in [-0.25, -0.2) is 9.50 Å². The topological polar surface area (TPSA) is 101 Å². The third-order valence-electron chi connectivity index (χ3n) is 4.44. The van der Waals surface area contributed by atoms with Gasteiger partial charge in [0.05, 0.1) is 11.3 Å². The molecule has 2 heterocycles. The highest BCUT2D eigenvalue weighted by molar-refractivity contribution is 6.03. The van der Waals surface area contributed by atoms with Crippen LogP contribution in [-0.4, -0.2) is 37.9 Å². The van der Waals surface area contributed by atoms with E-state index in [0.29, 0.717) is 30.0 Å². The molecule has 0 aliphatic heterocycles. The molecule has 0 atom stereocenters. The second-order valence-electron chi connectivity index (χ2n) is 6.33. The summed E-state index contributed by atoms with van der Waals surface area (Å²) in [4.78, 5) is 33.3. The first kappa shape index (κ1) is 19.2. The van der Waals surface area contributed by atoms with E-state index in [-0.39, 0.29) is 18.2 Å². The minimum atomic E-state index is -0.261. The number of para-hydroxylation sites is 1. The molecule has 0 saturated carbocycles. The number of rotatable bonds is 7. The van der Waals surface area contributed by atoms with Crippen LogP contribution in [0.5, 0.6) is 0 Å². The molecule has 0 spiro atoms. The summed E-state index contributed by atoms with van der Waals surface area (Å²) in [7, 11) is 0. The number of benzene rings is 1. The predicted molar refractivity (Wildman–Crippen MR) is 106 cm³/mol. The molecule has 0 radical (unpaired) electrons. The molecule has 28 heavy (non-hydrogen) atoms. The molecule has 3 aromatic rings. The number of fused-ring (bicyclic) bond motifs is 1. The maximum Gasteiger partial charge on any atom is 0.253 e. The van der Waals surface area contributed by atoms with Gasteiger partial charge >= 0.3 is 0 Å². The van der Waals surface area contributed by atoms with E-state index < -0.39 is 0 Å². The SMILES string of the molecule is C=CCNC(=O)c1ccccc1NC(=O)CCc1c(C)nc2ncnn2c1C. The predicted octanol–water partition coefficient (Wildman–Crippen LogP) is 2.23. The lowest BCUT2D eigenvalue weighted by atomic mass is 10.1. The molecule has 2 N–H and O–H groups in total. The second kappa shape index (κ2) is 8.43. The molecule has 2 amide bonds. The minimum absolute atomic E-state index is 0.179. The highest BCUT2D eigenvalue weighted by atomic mass is 16.2. The highest BCUT2D eigenvalue weighted by Gasteiger charge is 2.15. The normalized spacial score (nSPS) is 10.6. The van der Waals surface area contributed by atoms with Crippen molar-refractivity contribution in [2.45, 2.75) is 26.7 Å². The average molecular weight is 378 g/mol. The number of nitrogens with one attached hydrogen (secondary N) is 2. The summed E-state index contributed by atoms with van der Waals surface area (Å²) in [5.74, 6) is 0.104. The molecule has 0 bridgehead atoms. The molecular formula is C20H22N6O2. The number of carbonyl (C=O) groups excluding carboxylic acids is 2. The van der Waals surface area contributed by atoms with Crippen LogP contribution in [0.1, 0.15) is 33.7 Å². The quantitative estimate of drug-likeness (QED) is 0.614. The van der Waals surface area contributed by atoms with Crippen LogP contribution in [0.2, 0.25) is 0 Å².